The Bertz CT molecular complexity index is 2940. The molecule has 10 aromatic carbocycles. The first-order valence-electron chi connectivity index (χ1n) is 18.9. The lowest BCUT2D eigenvalue weighted by Gasteiger charge is -2.29. The Morgan fingerprint density at radius 3 is 1.42 bits per heavy atom. The summed E-state index contributed by atoms with van der Waals surface area (Å²) in [5.74, 6) is 0. The highest BCUT2D eigenvalue weighted by molar-refractivity contribution is 6.13. The summed E-state index contributed by atoms with van der Waals surface area (Å²) >= 11 is 0. The van der Waals surface area contributed by atoms with Crippen LogP contribution in [0.4, 0.5) is 17.1 Å². The smallest absolute Gasteiger partial charge is 0.0540 e. The van der Waals surface area contributed by atoms with E-state index in [1.165, 1.54) is 76.8 Å². The van der Waals surface area contributed by atoms with E-state index in [0.29, 0.717) is 0 Å². The molecule has 10 rings (SSSR count). The Morgan fingerprint density at radius 2 is 0.727 bits per heavy atom. The predicted molar refractivity (Wildman–Crippen MR) is 235 cm³/mol. The molecule has 258 valence electrons. The predicted octanol–water partition coefficient (Wildman–Crippen LogP) is 15.3. The van der Waals surface area contributed by atoms with E-state index in [2.05, 4.69) is 229 Å². The number of fused-ring (bicyclic) bond motifs is 4. The van der Waals surface area contributed by atoms with Gasteiger partial charge in [-0.05, 0) is 114 Å². The monoisotopic (exact) mass is 699 g/mol. The van der Waals surface area contributed by atoms with E-state index in [4.69, 9.17) is 0 Å². The minimum Gasteiger partial charge on any atom is -0.310 e. The van der Waals surface area contributed by atoms with Crippen molar-refractivity contribution in [3.8, 4) is 44.5 Å². The van der Waals surface area contributed by atoms with Crippen LogP contribution in [0.25, 0.3) is 76.8 Å². The fourth-order valence-corrected chi connectivity index (χ4v) is 8.17. The number of nitrogens with zero attached hydrogens (tertiary/aromatic N) is 1. The van der Waals surface area contributed by atoms with E-state index in [9.17, 15) is 0 Å². The first-order chi connectivity index (χ1) is 27.3. The zero-order valence-electron chi connectivity index (χ0n) is 30.3. The Labute approximate surface area is 322 Å². The molecule has 0 aromatic heterocycles. The van der Waals surface area contributed by atoms with Crippen LogP contribution in [0.2, 0.25) is 0 Å². The van der Waals surface area contributed by atoms with Gasteiger partial charge in [-0.2, -0.15) is 0 Å². The van der Waals surface area contributed by atoms with E-state index in [-0.39, 0.29) is 0 Å². The van der Waals surface area contributed by atoms with Crippen LogP contribution in [-0.2, 0) is 0 Å². The summed E-state index contributed by atoms with van der Waals surface area (Å²) < 4.78 is 0. The summed E-state index contributed by atoms with van der Waals surface area (Å²) in [7, 11) is 0. The second-order valence-corrected chi connectivity index (χ2v) is 14.1. The van der Waals surface area contributed by atoms with Crippen molar-refractivity contribution in [1.29, 1.82) is 0 Å². The van der Waals surface area contributed by atoms with Crippen molar-refractivity contribution in [3.05, 3.63) is 224 Å². The highest BCUT2D eigenvalue weighted by Crippen LogP contribution is 2.44. The van der Waals surface area contributed by atoms with Crippen LogP contribution >= 0.6 is 0 Å². The molecule has 0 amide bonds. The molecule has 0 N–H and O–H groups in total. The molecule has 0 heterocycles. The van der Waals surface area contributed by atoms with Gasteiger partial charge in [-0.15, -0.1) is 0 Å². The van der Waals surface area contributed by atoms with Crippen LogP contribution in [0.1, 0.15) is 0 Å². The van der Waals surface area contributed by atoms with Crippen LogP contribution in [-0.4, -0.2) is 0 Å². The fourth-order valence-electron chi connectivity index (χ4n) is 8.17. The standard InChI is InChI=1S/C54H37N/c1-3-14-38(15-4-1)43-30-35-54(53(36-43)40-16-5-2-6-17-40)55(45-31-26-41(27-32-45)48-25-13-20-39-18-7-9-21-47(39)48)46-33-28-42(29-34-46)52-37-44-19-8-10-22-49(44)50-23-11-12-24-51(50)52/h1-37H. The average Bonchev–Trinajstić information content (AvgIpc) is 3.27. The van der Waals surface area contributed by atoms with Crippen LogP contribution < -0.4 is 4.90 Å². The average molecular weight is 700 g/mol. The molecule has 0 radical (unpaired) electrons. The third kappa shape index (κ3) is 6.02. The van der Waals surface area contributed by atoms with Gasteiger partial charge in [-0.1, -0.05) is 182 Å². The third-order valence-electron chi connectivity index (χ3n) is 10.9. The molecule has 0 aliphatic rings. The van der Waals surface area contributed by atoms with E-state index < -0.39 is 0 Å². The molecule has 0 fully saturated rings. The van der Waals surface area contributed by atoms with E-state index in [0.717, 1.165) is 17.1 Å². The molecule has 0 saturated carbocycles. The van der Waals surface area contributed by atoms with Gasteiger partial charge in [0.1, 0.15) is 0 Å². The maximum Gasteiger partial charge on any atom is 0.0540 e. The second-order valence-electron chi connectivity index (χ2n) is 14.1. The normalized spacial score (nSPS) is 11.3. The second kappa shape index (κ2) is 14.0. The quantitative estimate of drug-likeness (QED) is 0.150. The maximum atomic E-state index is 2.41. The first-order valence-corrected chi connectivity index (χ1v) is 18.9. The number of hydrogen-bond acceptors (Lipinski definition) is 1. The van der Waals surface area contributed by atoms with Gasteiger partial charge in [-0.3, -0.25) is 0 Å². The van der Waals surface area contributed by atoms with Gasteiger partial charge in [0, 0.05) is 16.9 Å². The summed E-state index contributed by atoms with van der Waals surface area (Å²) in [6.07, 6.45) is 0. The van der Waals surface area contributed by atoms with E-state index in [1.807, 2.05) is 0 Å². The van der Waals surface area contributed by atoms with Crippen molar-refractivity contribution in [3.63, 3.8) is 0 Å². The lowest BCUT2D eigenvalue weighted by atomic mass is 9.93. The zero-order valence-corrected chi connectivity index (χ0v) is 30.3. The lowest BCUT2D eigenvalue weighted by Crippen LogP contribution is -2.11. The van der Waals surface area contributed by atoms with Crippen molar-refractivity contribution in [2.24, 2.45) is 0 Å². The van der Waals surface area contributed by atoms with Gasteiger partial charge in [0.2, 0.25) is 0 Å². The minimum absolute atomic E-state index is 1.09. The topological polar surface area (TPSA) is 3.24 Å². The van der Waals surface area contributed by atoms with Crippen molar-refractivity contribution in [1.82, 2.24) is 0 Å². The molecule has 0 saturated heterocycles. The molecular weight excluding hydrogens is 663 g/mol. The Balaban J connectivity index is 1.14. The molecule has 0 spiro atoms. The first kappa shape index (κ1) is 32.4. The van der Waals surface area contributed by atoms with Crippen molar-refractivity contribution in [2.45, 2.75) is 0 Å². The fraction of sp³-hybridized carbons (Fsp3) is 0. The number of benzene rings is 10. The van der Waals surface area contributed by atoms with E-state index >= 15 is 0 Å². The number of anilines is 3. The minimum atomic E-state index is 1.09. The largest absolute Gasteiger partial charge is 0.310 e. The van der Waals surface area contributed by atoms with Gasteiger partial charge in [0.25, 0.3) is 0 Å². The molecular formula is C54H37N. The molecule has 1 nitrogen and oxygen atoms in total. The molecule has 1 heteroatoms. The summed E-state index contributed by atoms with van der Waals surface area (Å²) in [5, 5.41) is 7.57. The van der Waals surface area contributed by atoms with E-state index in [1.54, 1.807) is 0 Å². The third-order valence-corrected chi connectivity index (χ3v) is 10.9. The summed E-state index contributed by atoms with van der Waals surface area (Å²) in [5.41, 5.74) is 12.9. The van der Waals surface area contributed by atoms with Crippen LogP contribution in [0.3, 0.4) is 0 Å². The van der Waals surface area contributed by atoms with Gasteiger partial charge < -0.3 is 4.90 Å². The molecule has 10 aromatic rings. The highest BCUT2D eigenvalue weighted by atomic mass is 15.1. The lowest BCUT2D eigenvalue weighted by molar-refractivity contribution is 1.28. The SMILES string of the molecule is c1ccc(-c2ccc(N(c3ccc(-c4cccc5ccccc45)cc3)c3ccc(-c4cc5ccccc5c5ccccc45)cc3)c(-c3ccccc3)c2)cc1. The van der Waals surface area contributed by atoms with Crippen LogP contribution in [0.5, 0.6) is 0 Å². The van der Waals surface area contributed by atoms with Gasteiger partial charge in [0.05, 0.1) is 5.69 Å². The molecule has 0 aliphatic carbocycles. The molecule has 0 unspecified atom stereocenters. The molecule has 0 aliphatic heterocycles. The Kier molecular flexibility index (Phi) is 8.24. The van der Waals surface area contributed by atoms with Crippen LogP contribution in [0, 0.1) is 0 Å². The Morgan fingerprint density at radius 1 is 0.236 bits per heavy atom. The molecule has 0 atom stereocenters. The van der Waals surface area contributed by atoms with Crippen molar-refractivity contribution < 1.29 is 0 Å². The number of rotatable bonds is 7. The van der Waals surface area contributed by atoms with Gasteiger partial charge >= 0.3 is 0 Å². The van der Waals surface area contributed by atoms with Gasteiger partial charge in [0.15, 0.2) is 0 Å². The van der Waals surface area contributed by atoms with Crippen LogP contribution in [0.15, 0.2) is 224 Å². The summed E-state index contributed by atoms with van der Waals surface area (Å²) in [4.78, 5) is 2.41. The molecule has 55 heavy (non-hydrogen) atoms. The summed E-state index contributed by atoms with van der Waals surface area (Å²) in [6.45, 7) is 0. The zero-order chi connectivity index (χ0) is 36.6. The highest BCUT2D eigenvalue weighted by Gasteiger charge is 2.19. The number of hydrogen-bond donors (Lipinski definition) is 0. The maximum absolute atomic E-state index is 2.41. The summed E-state index contributed by atoms with van der Waals surface area (Å²) in [6, 6.07) is 81.4. The van der Waals surface area contributed by atoms with Gasteiger partial charge in [-0.25, -0.2) is 0 Å². The Hall–Kier alpha value is -7.22. The molecule has 0 bridgehead atoms. The van der Waals surface area contributed by atoms with Crippen molar-refractivity contribution >= 4 is 49.4 Å². The van der Waals surface area contributed by atoms with Crippen molar-refractivity contribution in [2.75, 3.05) is 4.90 Å².